The van der Waals surface area contributed by atoms with E-state index in [0.29, 0.717) is 11.1 Å². The SMILES string of the molecule is CN1CCCC(NC(=O)c2ccccc2C#CCO)C1. The second kappa shape index (κ2) is 7.09. The van der Waals surface area contributed by atoms with E-state index < -0.39 is 0 Å². The Morgan fingerprint density at radius 2 is 2.30 bits per heavy atom. The number of benzene rings is 1. The molecule has 0 radical (unpaired) electrons. The van der Waals surface area contributed by atoms with E-state index in [2.05, 4.69) is 29.1 Å². The van der Waals surface area contributed by atoms with Crippen LogP contribution < -0.4 is 5.32 Å². The molecule has 4 nitrogen and oxygen atoms in total. The quantitative estimate of drug-likeness (QED) is 0.785. The molecule has 0 bridgehead atoms. The van der Waals surface area contributed by atoms with E-state index in [1.165, 1.54) is 0 Å². The smallest absolute Gasteiger partial charge is 0.252 e. The van der Waals surface area contributed by atoms with E-state index in [1.807, 2.05) is 12.1 Å². The van der Waals surface area contributed by atoms with Crippen molar-refractivity contribution in [1.29, 1.82) is 0 Å². The molecular weight excluding hydrogens is 252 g/mol. The minimum atomic E-state index is -0.205. The molecule has 0 spiro atoms. The fraction of sp³-hybridized carbons (Fsp3) is 0.438. The molecular formula is C16H20N2O2. The Balaban J connectivity index is 2.09. The van der Waals surface area contributed by atoms with Crippen LogP contribution in [-0.4, -0.2) is 48.7 Å². The molecule has 0 aromatic heterocycles. The zero-order chi connectivity index (χ0) is 14.4. The van der Waals surface area contributed by atoms with Crippen LogP contribution in [0.5, 0.6) is 0 Å². The van der Waals surface area contributed by atoms with Gasteiger partial charge in [-0.3, -0.25) is 4.79 Å². The monoisotopic (exact) mass is 272 g/mol. The van der Waals surface area contributed by atoms with Crippen LogP contribution in [0.1, 0.15) is 28.8 Å². The first kappa shape index (κ1) is 14.6. The number of aliphatic hydroxyl groups is 1. The van der Waals surface area contributed by atoms with E-state index in [-0.39, 0.29) is 18.6 Å². The van der Waals surface area contributed by atoms with Gasteiger partial charge >= 0.3 is 0 Å². The van der Waals surface area contributed by atoms with Gasteiger partial charge < -0.3 is 15.3 Å². The number of carbonyl (C=O) groups is 1. The highest BCUT2D eigenvalue weighted by Gasteiger charge is 2.20. The minimum absolute atomic E-state index is 0.0897. The topological polar surface area (TPSA) is 52.6 Å². The van der Waals surface area contributed by atoms with Crippen LogP contribution in [0.25, 0.3) is 0 Å². The maximum Gasteiger partial charge on any atom is 0.252 e. The zero-order valence-electron chi connectivity index (χ0n) is 11.7. The molecule has 1 heterocycles. The van der Waals surface area contributed by atoms with E-state index in [1.54, 1.807) is 12.1 Å². The summed E-state index contributed by atoms with van der Waals surface area (Å²) in [6, 6.07) is 7.42. The van der Waals surface area contributed by atoms with Gasteiger partial charge in [-0.15, -0.1) is 0 Å². The Morgan fingerprint density at radius 3 is 3.05 bits per heavy atom. The van der Waals surface area contributed by atoms with Gasteiger partial charge in [0.15, 0.2) is 0 Å². The zero-order valence-corrected chi connectivity index (χ0v) is 11.7. The fourth-order valence-corrected chi connectivity index (χ4v) is 2.47. The minimum Gasteiger partial charge on any atom is -0.384 e. The second-order valence-corrected chi connectivity index (χ2v) is 5.08. The summed E-state index contributed by atoms with van der Waals surface area (Å²) in [6.45, 7) is 1.77. The number of piperidine rings is 1. The van der Waals surface area contributed by atoms with Gasteiger partial charge in [-0.2, -0.15) is 0 Å². The number of rotatable bonds is 2. The highest BCUT2D eigenvalue weighted by molar-refractivity contribution is 5.96. The van der Waals surface area contributed by atoms with Gasteiger partial charge in [0.2, 0.25) is 0 Å². The van der Waals surface area contributed by atoms with E-state index in [0.717, 1.165) is 25.9 Å². The number of hydrogen-bond acceptors (Lipinski definition) is 3. The van der Waals surface area contributed by atoms with Crippen molar-refractivity contribution >= 4 is 5.91 Å². The van der Waals surface area contributed by atoms with Gasteiger partial charge in [0.25, 0.3) is 5.91 Å². The summed E-state index contributed by atoms with van der Waals surface area (Å²) in [5.74, 6) is 5.32. The third kappa shape index (κ3) is 3.83. The number of carbonyl (C=O) groups excluding carboxylic acids is 1. The molecule has 1 saturated heterocycles. The van der Waals surface area contributed by atoms with Crippen molar-refractivity contribution in [2.24, 2.45) is 0 Å². The Labute approximate surface area is 119 Å². The van der Waals surface area contributed by atoms with Crippen molar-refractivity contribution in [3.63, 3.8) is 0 Å². The normalized spacial score (nSPS) is 19.0. The van der Waals surface area contributed by atoms with E-state index >= 15 is 0 Å². The van der Waals surface area contributed by atoms with Gasteiger partial charge in [-0.1, -0.05) is 24.0 Å². The van der Waals surface area contributed by atoms with Crippen molar-refractivity contribution in [2.75, 3.05) is 26.7 Å². The summed E-state index contributed by atoms with van der Waals surface area (Å²) < 4.78 is 0. The molecule has 2 rings (SSSR count). The van der Waals surface area contributed by atoms with Gasteiger partial charge in [0.1, 0.15) is 6.61 Å². The summed E-state index contributed by atoms with van der Waals surface area (Å²) >= 11 is 0. The third-order valence-corrected chi connectivity index (χ3v) is 3.43. The van der Waals surface area contributed by atoms with Gasteiger partial charge in [-0.05, 0) is 38.6 Å². The number of aliphatic hydroxyl groups excluding tert-OH is 1. The molecule has 1 aliphatic heterocycles. The van der Waals surface area contributed by atoms with E-state index in [4.69, 9.17) is 5.11 Å². The third-order valence-electron chi connectivity index (χ3n) is 3.43. The Morgan fingerprint density at radius 1 is 1.50 bits per heavy atom. The summed E-state index contributed by atoms with van der Waals surface area (Å²) in [5, 5.41) is 11.8. The Bertz CT molecular complexity index is 531. The predicted octanol–water partition coefficient (Wildman–Crippen LogP) is 0.854. The Kier molecular flexibility index (Phi) is 5.16. The first-order chi connectivity index (χ1) is 9.70. The van der Waals surface area contributed by atoms with Crippen molar-refractivity contribution in [2.45, 2.75) is 18.9 Å². The largest absolute Gasteiger partial charge is 0.384 e. The lowest BCUT2D eigenvalue weighted by Crippen LogP contribution is -2.46. The highest BCUT2D eigenvalue weighted by atomic mass is 16.2. The molecule has 1 unspecified atom stereocenters. The number of hydrogen-bond donors (Lipinski definition) is 2. The molecule has 20 heavy (non-hydrogen) atoms. The first-order valence-corrected chi connectivity index (χ1v) is 6.89. The lowest BCUT2D eigenvalue weighted by molar-refractivity contribution is 0.0912. The average Bonchev–Trinajstić information content (AvgIpc) is 2.45. The summed E-state index contributed by atoms with van der Waals surface area (Å²) in [7, 11) is 2.07. The summed E-state index contributed by atoms with van der Waals surface area (Å²) in [5.41, 5.74) is 1.23. The van der Waals surface area contributed by atoms with Crippen LogP contribution >= 0.6 is 0 Å². The van der Waals surface area contributed by atoms with Crippen LogP contribution in [0.3, 0.4) is 0 Å². The Hall–Kier alpha value is -1.83. The molecule has 1 atom stereocenters. The number of amides is 1. The second-order valence-electron chi connectivity index (χ2n) is 5.08. The molecule has 1 amide bonds. The lowest BCUT2D eigenvalue weighted by atomic mass is 10.0. The average molecular weight is 272 g/mol. The first-order valence-electron chi connectivity index (χ1n) is 6.89. The maximum absolute atomic E-state index is 12.3. The summed E-state index contributed by atoms with van der Waals surface area (Å²) in [6.07, 6.45) is 2.12. The molecule has 1 aromatic rings. The van der Waals surface area contributed by atoms with Crippen LogP contribution in [-0.2, 0) is 0 Å². The van der Waals surface area contributed by atoms with Gasteiger partial charge in [0, 0.05) is 18.2 Å². The van der Waals surface area contributed by atoms with Gasteiger partial charge in [0.05, 0.1) is 5.56 Å². The molecule has 0 saturated carbocycles. The van der Waals surface area contributed by atoms with Crippen molar-refractivity contribution < 1.29 is 9.90 Å². The van der Waals surface area contributed by atoms with Crippen molar-refractivity contribution in [3.8, 4) is 11.8 Å². The standard InChI is InChI=1S/C16H20N2O2/c1-18-10-4-8-14(12-18)17-16(20)15-9-3-2-6-13(15)7-5-11-19/h2-3,6,9,14,19H,4,8,10-12H2,1H3,(H,17,20). The molecule has 4 heteroatoms. The van der Waals surface area contributed by atoms with E-state index in [9.17, 15) is 4.79 Å². The van der Waals surface area contributed by atoms with Crippen LogP contribution in [0, 0.1) is 11.8 Å². The molecule has 2 N–H and O–H groups in total. The predicted molar refractivity (Wildman–Crippen MR) is 78.4 cm³/mol. The molecule has 1 aromatic carbocycles. The van der Waals surface area contributed by atoms with Crippen LogP contribution in [0.4, 0.5) is 0 Å². The highest BCUT2D eigenvalue weighted by Crippen LogP contribution is 2.11. The van der Waals surface area contributed by atoms with Crippen molar-refractivity contribution in [1.82, 2.24) is 10.2 Å². The number of nitrogens with zero attached hydrogens (tertiary/aromatic N) is 1. The number of nitrogens with one attached hydrogen (secondary N) is 1. The lowest BCUT2D eigenvalue weighted by Gasteiger charge is -2.30. The maximum atomic E-state index is 12.3. The van der Waals surface area contributed by atoms with Crippen LogP contribution in [0.15, 0.2) is 24.3 Å². The van der Waals surface area contributed by atoms with Gasteiger partial charge in [-0.25, -0.2) is 0 Å². The summed E-state index contributed by atoms with van der Waals surface area (Å²) in [4.78, 5) is 14.6. The fourth-order valence-electron chi connectivity index (χ4n) is 2.47. The van der Waals surface area contributed by atoms with Crippen molar-refractivity contribution in [3.05, 3.63) is 35.4 Å². The van der Waals surface area contributed by atoms with Crippen LogP contribution in [0.2, 0.25) is 0 Å². The number of likely N-dealkylation sites (tertiary alicyclic amines) is 1. The number of likely N-dealkylation sites (N-methyl/N-ethyl adjacent to an activating group) is 1. The molecule has 106 valence electrons. The molecule has 0 aliphatic carbocycles. The molecule has 1 aliphatic rings. The molecule has 1 fully saturated rings.